The van der Waals surface area contributed by atoms with E-state index in [-0.39, 0.29) is 11.9 Å². The maximum Gasteiger partial charge on any atom is 0.141 e. The van der Waals surface area contributed by atoms with Crippen LogP contribution in [0.1, 0.15) is 29.9 Å². The predicted molar refractivity (Wildman–Crippen MR) is 63.2 cm³/mol. The monoisotopic (exact) mass is 234 g/mol. The Hall–Kier alpha value is -1.68. The quantitative estimate of drug-likeness (QED) is 0.884. The van der Waals surface area contributed by atoms with Gasteiger partial charge in [0.25, 0.3) is 0 Å². The Labute approximate surface area is 99.7 Å². The van der Waals surface area contributed by atoms with E-state index in [0.29, 0.717) is 0 Å². The Morgan fingerprint density at radius 1 is 1.47 bits per heavy atom. The number of aryl methyl sites for hydroxylation is 1. The largest absolute Gasteiger partial charge is 0.469 e. The summed E-state index contributed by atoms with van der Waals surface area (Å²) in [4.78, 5) is 3.88. The van der Waals surface area contributed by atoms with E-state index in [2.05, 4.69) is 10.3 Å². The molecule has 0 bridgehead atoms. The molecule has 0 saturated heterocycles. The van der Waals surface area contributed by atoms with Crippen molar-refractivity contribution in [1.29, 1.82) is 0 Å². The average molecular weight is 234 g/mol. The van der Waals surface area contributed by atoms with Crippen LogP contribution in [-0.2, 0) is 0 Å². The summed E-state index contributed by atoms with van der Waals surface area (Å²) in [6, 6.07) is 3.31. The fraction of sp³-hybridized carbons (Fsp3) is 0.308. The van der Waals surface area contributed by atoms with Gasteiger partial charge in [0.05, 0.1) is 18.5 Å². The van der Waals surface area contributed by atoms with Crippen LogP contribution in [0, 0.1) is 12.7 Å². The molecule has 0 fully saturated rings. The molecule has 0 radical (unpaired) electrons. The first-order valence-electron chi connectivity index (χ1n) is 5.60. The molecule has 1 unspecified atom stereocenters. The van der Waals surface area contributed by atoms with Gasteiger partial charge in [-0.3, -0.25) is 4.98 Å². The van der Waals surface area contributed by atoms with E-state index in [1.807, 2.05) is 19.9 Å². The molecule has 2 aromatic rings. The Kier molecular flexibility index (Phi) is 3.54. The minimum atomic E-state index is -0.327. The van der Waals surface area contributed by atoms with E-state index in [0.717, 1.165) is 23.4 Å². The SMILES string of the molecule is CCNC(c1cncc(F)c1)c1ccoc1C. The van der Waals surface area contributed by atoms with Crippen LogP contribution in [0.25, 0.3) is 0 Å². The second kappa shape index (κ2) is 5.10. The Bertz CT molecular complexity index is 496. The van der Waals surface area contributed by atoms with Crippen LogP contribution in [0.2, 0.25) is 0 Å². The number of halogens is 1. The molecule has 0 spiro atoms. The molecule has 2 rings (SSSR count). The minimum absolute atomic E-state index is 0.0815. The van der Waals surface area contributed by atoms with Gasteiger partial charge < -0.3 is 9.73 Å². The molecule has 2 aromatic heterocycles. The summed E-state index contributed by atoms with van der Waals surface area (Å²) in [6.45, 7) is 4.69. The third-order valence-corrected chi connectivity index (χ3v) is 2.68. The fourth-order valence-corrected chi connectivity index (χ4v) is 1.89. The lowest BCUT2D eigenvalue weighted by Gasteiger charge is -2.17. The molecule has 2 heterocycles. The number of hydrogen-bond donors (Lipinski definition) is 1. The molecule has 0 aliphatic rings. The Balaban J connectivity index is 2.39. The highest BCUT2D eigenvalue weighted by Gasteiger charge is 2.17. The van der Waals surface area contributed by atoms with Crippen molar-refractivity contribution in [3.05, 3.63) is 53.5 Å². The smallest absolute Gasteiger partial charge is 0.141 e. The van der Waals surface area contributed by atoms with Crippen molar-refractivity contribution in [2.75, 3.05) is 6.54 Å². The van der Waals surface area contributed by atoms with E-state index in [9.17, 15) is 4.39 Å². The van der Waals surface area contributed by atoms with Crippen LogP contribution in [0.3, 0.4) is 0 Å². The lowest BCUT2D eigenvalue weighted by atomic mass is 10.0. The molecule has 4 heteroatoms. The van der Waals surface area contributed by atoms with Gasteiger partial charge in [0, 0.05) is 11.8 Å². The molecular weight excluding hydrogens is 219 g/mol. The lowest BCUT2D eigenvalue weighted by Crippen LogP contribution is -2.22. The zero-order valence-corrected chi connectivity index (χ0v) is 9.90. The van der Waals surface area contributed by atoms with E-state index in [1.165, 1.54) is 12.3 Å². The van der Waals surface area contributed by atoms with Crippen molar-refractivity contribution >= 4 is 0 Å². The third-order valence-electron chi connectivity index (χ3n) is 2.68. The standard InChI is InChI=1S/C13H15FN2O/c1-3-16-13(12-4-5-17-9(12)2)10-6-11(14)8-15-7-10/h4-8,13,16H,3H2,1-2H3. The molecule has 3 nitrogen and oxygen atoms in total. The zero-order valence-electron chi connectivity index (χ0n) is 9.90. The van der Waals surface area contributed by atoms with Crippen LogP contribution in [0.5, 0.6) is 0 Å². The van der Waals surface area contributed by atoms with Gasteiger partial charge in [0.1, 0.15) is 11.6 Å². The molecule has 1 N–H and O–H groups in total. The van der Waals surface area contributed by atoms with Crippen molar-refractivity contribution in [3.8, 4) is 0 Å². The highest BCUT2D eigenvalue weighted by Crippen LogP contribution is 2.25. The van der Waals surface area contributed by atoms with Crippen molar-refractivity contribution in [3.63, 3.8) is 0 Å². The molecule has 90 valence electrons. The van der Waals surface area contributed by atoms with Crippen LogP contribution < -0.4 is 5.32 Å². The van der Waals surface area contributed by atoms with E-state index < -0.39 is 0 Å². The average Bonchev–Trinajstić information content (AvgIpc) is 2.72. The summed E-state index contributed by atoms with van der Waals surface area (Å²) < 4.78 is 18.5. The molecule has 0 aromatic carbocycles. The van der Waals surface area contributed by atoms with Crippen molar-refractivity contribution < 1.29 is 8.81 Å². The third kappa shape index (κ3) is 2.53. The molecule has 17 heavy (non-hydrogen) atoms. The van der Waals surface area contributed by atoms with Crippen molar-refractivity contribution in [2.45, 2.75) is 19.9 Å². The van der Waals surface area contributed by atoms with Crippen molar-refractivity contribution in [2.24, 2.45) is 0 Å². The van der Waals surface area contributed by atoms with Gasteiger partial charge in [0.15, 0.2) is 0 Å². The van der Waals surface area contributed by atoms with E-state index >= 15 is 0 Å². The summed E-state index contributed by atoms with van der Waals surface area (Å²) in [5.74, 6) is 0.506. The second-order valence-electron chi connectivity index (χ2n) is 3.86. The topological polar surface area (TPSA) is 38.1 Å². The molecule has 0 amide bonds. The highest BCUT2D eigenvalue weighted by molar-refractivity contribution is 5.31. The summed E-state index contributed by atoms with van der Waals surface area (Å²) in [6.07, 6.45) is 4.51. The van der Waals surface area contributed by atoms with Gasteiger partial charge in [-0.25, -0.2) is 4.39 Å². The number of aromatic nitrogens is 1. The zero-order chi connectivity index (χ0) is 12.3. The Morgan fingerprint density at radius 2 is 2.29 bits per heavy atom. The van der Waals surface area contributed by atoms with Gasteiger partial charge in [-0.05, 0) is 31.2 Å². The maximum absolute atomic E-state index is 13.2. The number of rotatable bonds is 4. The lowest BCUT2D eigenvalue weighted by molar-refractivity contribution is 0.519. The molecule has 0 saturated carbocycles. The van der Waals surface area contributed by atoms with E-state index in [4.69, 9.17) is 4.42 Å². The number of pyridine rings is 1. The van der Waals surface area contributed by atoms with Crippen LogP contribution in [-0.4, -0.2) is 11.5 Å². The number of nitrogens with one attached hydrogen (secondary N) is 1. The summed E-state index contributed by atoms with van der Waals surface area (Å²) >= 11 is 0. The summed E-state index contributed by atoms with van der Waals surface area (Å²) in [5, 5.41) is 3.30. The van der Waals surface area contributed by atoms with E-state index in [1.54, 1.807) is 12.5 Å². The maximum atomic E-state index is 13.2. The molecular formula is C13H15FN2O. The highest BCUT2D eigenvalue weighted by atomic mass is 19.1. The molecule has 0 aliphatic heterocycles. The number of furan rings is 1. The first-order valence-corrected chi connectivity index (χ1v) is 5.60. The number of nitrogens with zero attached hydrogens (tertiary/aromatic N) is 1. The molecule has 0 aliphatic carbocycles. The van der Waals surface area contributed by atoms with Crippen LogP contribution in [0.4, 0.5) is 4.39 Å². The van der Waals surface area contributed by atoms with Gasteiger partial charge in [-0.1, -0.05) is 6.92 Å². The second-order valence-corrected chi connectivity index (χ2v) is 3.86. The van der Waals surface area contributed by atoms with Gasteiger partial charge in [0.2, 0.25) is 0 Å². The summed E-state index contributed by atoms with van der Waals surface area (Å²) in [5.41, 5.74) is 1.82. The van der Waals surface area contributed by atoms with Crippen molar-refractivity contribution in [1.82, 2.24) is 10.3 Å². The number of hydrogen-bond acceptors (Lipinski definition) is 3. The minimum Gasteiger partial charge on any atom is -0.469 e. The van der Waals surface area contributed by atoms with Gasteiger partial charge in [-0.15, -0.1) is 0 Å². The first-order chi connectivity index (χ1) is 8.22. The molecule has 1 atom stereocenters. The summed E-state index contributed by atoms with van der Waals surface area (Å²) in [7, 11) is 0. The van der Waals surface area contributed by atoms with Gasteiger partial charge >= 0.3 is 0 Å². The van der Waals surface area contributed by atoms with Crippen LogP contribution >= 0.6 is 0 Å². The fourth-order valence-electron chi connectivity index (χ4n) is 1.89. The Morgan fingerprint density at radius 3 is 2.88 bits per heavy atom. The predicted octanol–water partition coefficient (Wildman–Crippen LogP) is 2.82. The van der Waals surface area contributed by atoms with Gasteiger partial charge in [-0.2, -0.15) is 0 Å². The first kappa shape index (κ1) is 11.8. The van der Waals surface area contributed by atoms with Crippen LogP contribution in [0.15, 0.2) is 35.2 Å². The normalized spacial score (nSPS) is 12.6.